The molecule has 1 aromatic rings. The molecule has 0 spiro atoms. The second-order valence-electron chi connectivity index (χ2n) is 6.23. The van der Waals surface area contributed by atoms with Crippen molar-refractivity contribution in [2.45, 2.75) is 45.8 Å². The molecule has 1 saturated carbocycles. The van der Waals surface area contributed by atoms with Crippen molar-refractivity contribution in [1.82, 2.24) is 5.32 Å². The molecule has 1 fully saturated rings. The molecule has 0 bridgehead atoms. The lowest BCUT2D eigenvalue weighted by molar-refractivity contribution is 0.141. The summed E-state index contributed by atoms with van der Waals surface area (Å²) >= 11 is 0. The first kappa shape index (κ1) is 13.6. The molecule has 0 saturated heterocycles. The van der Waals surface area contributed by atoms with Crippen molar-refractivity contribution in [3.8, 4) is 17.2 Å². The van der Waals surface area contributed by atoms with E-state index in [9.17, 15) is 0 Å². The summed E-state index contributed by atoms with van der Waals surface area (Å²) in [6.45, 7) is 8.03. The lowest BCUT2D eigenvalue weighted by Crippen LogP contribution is -2.46. The van der Waals surface area contributed by atoms with Gasteiger partial charge in [-0.3, -0.25) is 0 Å². The van der Waals surface area contributed by atoms with E-state index < -0.39 is 0 Å². The Kier molecular flexibility index (Phi) is 3.50. The molecule has 110 valence electrons. The first-order valence-electron chi connectivity index (χ1n) is 7.40. The predicted molar refractivity (Wildman–Crippen MR) is 77.5 cm³/mol. The number of ether oxygens (including phenoxy) is 3. The summed E-state index contributed by atoms with van der Waals surface area (Å²) in [6, 6.07) is 6.19. The van der Waals surface area contributed by atoms with Crippen LogP contribution in [0, 0.1) is 5.41 Å². The number of rotatable bonds is 4. The average molecular weight is 277 g/mol. The van der Waals surface area contributed by atoms with Crippen LogP contribution in [0.5, 0.6) is 17.2 Å². The quantitative estimate of drug-likeness (QED) is 0.918. The minimum atomic E-state index is 0.213. The second-order valence-corrected chi connectivity index (χ2v) is 6.23. The predicted octanol–water partition coefficient (Wildman–Crippen LogP) is 2.96. The molecular weight excluding hydrogens is 254 g/mol. The Morgan fingerprint density at radius 2 is 2.10 bits per heavy atom. The van der Waals surface area contributed by atoms with Crippen LogP contribution in [0.2, 0.25) is 0 Å². The maximum atomic E-state index is 6.20. The zero-order valence-corrected chi connectivity index (χ0v) is 12.4. The van der Waals surface area contributed by atoms with E-state index in [0.717, 1.165) is 30.2 Å². The third kappa shape index (κ3) is 2.44. The largest absolute Gasteiger partial charge is 0.489 e. The molecule has 2 atom stereocenters. The van der Waals surface area contributed by atoms with Crippen molar-refractivity contribution >= 4 is 0 Å². The smallest absolute Gasteiger partial charge is 0.231 e. The van der Waals surface area contributed by atoms with Gasteiger partial charge in [0.2, 0.25) is 6.79 Å². The van der Waals surface area contributed by atoms with Gasteiger partial charge in [0.05, 0.1) is 0 Å². The third-order valence-corrected chi connectivity index (χ3v) is 4.34. The lowest BCUT2D eigenvalue weighted by atomic mass is 9.87. The van der Waals surface area contributed by atoms with Gasteiger partial charge in [0.15, 0.2) is 11.5 Å². The SMILES string of the molecule is CCNC1C(Oc2ccc3c(c2)OCO3)CCC1(C)C. The highest BCUT2D eigenvalue weighted by molar-refractivity contribution is 5.47. The van der Waals surface area contributed by atoms with E-state index in [1.54, 1.807) is 0 Å². The summed E-state index contributed by atoms with van der Waals surface area (Å²) in [5, 5.41) is 3.58. The molecule has 1 heterocycles. The van der Waals surface area contributed by atoms with Gasteiger partial charge in [0.1, 0.15) is 11.9 Å². The number of fused-ring (bicyclic) bond motifs is 1. The Hall–Kier alpha value is -1.42. The maximum Gasteiger partial charge on any atom is 0.231 e. The number of hydrogen-bond donors (Lipinski definition) is 1. The van der Waals surface area contributed by atoms with Crippen molar-refractivity contribution < 1.29 is 14.2 Å². The van der Waals surface area contributed by atoms with E-state index in [1.807, 2.05) is 18.2 Å². The van der Waals surface area contributed by atoms with Gasteiger partial charge in [-0.15, -0.1) is 0 Å². The van der Waals surface area contributed by atoms with Crippen LogP contribution >= 0.6 is 0 Å². The Balaban J connectivity index is 1.74. The molecule has 0 amide bonds. The van der Waals surface area contributed by atoms with Gasteiger partial charge >= 0.3 is 0 Å². The number of likely N-dealkylation sites (N-methyl/N-ethyl adjacent to an activating group) is 1. The number of hydrogen-bond acceptors (Lipinski definition) is 4. The molecule has 0 radical (unpaired) electrons. The van der Waals surface area contributed by atoms with Crippen LogP contribution in [0.1, 0.15) is 33.6 Å². The summed E-state index contributed by atoms with van der Waals surface area (Å²) in [6.07, 6.45) is 2.48. The number of benzene rings is 1. The zero-order valence-electron chi connectivity index (χ0n) is 12.4. The first-order chi connectivity index (χ1) is 9.60. The van der Waals surface area contributed by atoms with Crippen molar-refractivity contribution in [3.05, 3.63) is 18.2 Å². The highest BCUT2D eigenvalue weighted by Gasteiger charge is 2.42. The van der Waals surface area contributed by atoms with E-state index in [4.69, 9.17) is 14.2 Å². The van der Waals surface area contributed by atoms with Crippen LogP contribution in [0.3, 0.4) is 0 Å². The molecule has 2 unspecified atom stereocenters. The van der Waals surface area contributed by atoms with Gasteiger partial charge in [-0.1, -0.05) is 20.8 Å². The van der Waals surface area contributed by atoms with Crippen LogP contribution in [0.25, 0.3) is 0 Å². The van der Waals surface area contributed by atoms with E-state index in [2.05, 4.69) is 26.1 Å². The standard InChI is InChI=1S/C16H23NO3/c1-4-17-15-13(7-8-16(15,2)3)20-11-5-6-12-14(9-11)19-10-18-12/h5-6,9,13,15,17H,4,7-8,10H2,1-3H3. The fraction of sp³-hybridized carbons (Fsp3) is 0.625. The first-order valence-corrected chi connectivity index (χ1v) is 7.40. The molecule has 0 aromatic heterocycles. The maximum absolute atomic E-state index is 6.20. The summed E-state index contributed by atoms with van der Waals surface area (Å²) < 4.78 is 16.9. The van der Waals surface area contributed by atoms with Gasteiger partial charge in [-0.2, -0.15) is 0 Å². The van der Waals surface area contributed by atoms with Gasteiger partial charge < -0.3 is 19.5 Å². The Bertz CT molecular complexity index is 487. The van der Waals surface area contributed by atoms with Crippen LogP contribution in [0.4, 0.5) is 0 Å². The normalized spacial score (nSPS) is 26.8. The molecule has 1 aromatic carbocycles. The fourth-order valence-corrected chi connectivity index (χ4v) is 3.22. The van der Waals surface area contributed by atoms with E-state index in [1.165, 1.54) is 6.42 Å². The zero-order chi connectivity index (χ0) is 14.2. The van der Waals surface area contributed by atoms with Crippen LogP contribution in [-0.2, 0) is 0 Å². The van der Waals surface area contributed by atoms with Gasteiger partial charge in [-0.05, 0) is 36.9 Å². The number of nitrogens with one attached hydrogen (secondary N) is 1. The van der Waals surface area contributed by atoms with Gasteiger partial charge in [0, 0.05) is 12.1 Å². The van der Waals surface area contributed by atoms with Crippen molar-refractivity contribution in [2.75, 3.05) is 13.3 Å². The minimum Gasteiger partial charge on any atom is -0.489 e. The molecule has 3 rings (SSSR count). The van der Waals surface area contributed by atoms with Crippen molar-refractivity contribution in [2.24, 2.45) is 5.41 Å². The molecule has 4 heteroatoms. The monoisotopic (exact) mass is 277 g/mol. The Labute approximate surface area is 120 Å². The minimum absolute atomic E-state index is 0.213. The molecule has 1 aliphatic carbocycles. The molecule has 2 aliphatic rings. The topological polar surface area (TPSA) is 39.7 Å². The van der Waals surface area contributed by atoms with E-state index in [-0.39, 0.29) is 11.5 Å². The van der Waals surface area contributed by atoms with Crippen LogP contribution in [-0.4, -0.2) is 25.5 Å². The van der Waals surface area contributed by atoms with Crippen LogP contribution in [0.15, 0.2) is 18.2 Å². The molecule has 4 nitrogen and oxygen atoms in total. The lowest BCUT2D eigenvalue weighted by Gasteiger charge is -2.31. The van der Waals surface area contributed by atoms with E-state index in [0.29, 0.717) is 12.8 Å². The Morgan fingerprint density at radius 3 is 2.90 bits per heavy atom. The molecular formula is C16H23NO3. The summed E-state index contributed by atoms with van der Waals surface area (Å²) in [4.78, 5) is 0. The van der Waals surface area contributed by atoms with E-state index >= 15 is 0 Å². The summed E-state index contributed by atoms with van der Waals surface area (Å²) in [5.74, 6) is 2.44. The van der Waals surface area contributed by atoms with Crippen LogP contribution < -0.4 is 19.5 Å². The van der Waals surface area contributed by atoms with Gasteiger partial charge in [0.25, 0.3) is 0 Å². The molecule has 1 N–H and O–H groups in total. The average Bonchev–Trinajstić information content (AvgIpc) is 2.97. The second kappa shape index (κ2) is 5.17. The fourth-order valence-electron chi connectivity index (χ4n) is 3.22. The van der Waals surface area contributed by atoms with Gasteiger partial charge in [-0.25, -0.2) is 0 Å². The molecule has 1 aliphatic heterocycles. The summed E-state index contributed by atoms with van der Waals surface area (Å²) in [5.41, 5.74) is 0.275. The van der Waals surface area contributed by atoms with Crippen molar-refractivity contribution in [3.63, 3.8) is 0 Å². The van der Waals surface area contributed by atoms with Crippen molar-refractivity contribution in [1.29, 1.82) is 0 Å². The molecule has 20 heavy (non-hydrogen) atoms. The highest BCUT2D eigenvalue weighted by atomic mass is 16.7. The summed E-state index contributed by atoms with van der Waals surface area (Å²) in [7, 11) is 0. The highest BCUT2D eigenvalue weighted by Crippen LogP contribution is 2.41. The Morgan fingerprint density at radius 1 is 1.30 bits per heavy atom. The third-order valence-electron chi connectivity index (χ3n) is 4.34.